The second kappa shape index (κ2) is 10.8. The first-order chi connectivity index (χ1) is 15.8. The molecule has 3 rings (SSSR count). The minimum absolute atomic E-state index is 0.0258. The van der Waals surface area contributed by atoms with Gasteiger partial charge in [0, 0.05) is 31.4 Å². The van der Waals surface area contributed by atoms with Crippen LogP contribution in [0.25, 0.3) is 0 Å². The highest BCUT2D eigenvalue weighted by Crippen LogP contribution is 2.39. The van der Waals surface area contributed by atoms with Crippen molar-refractivity contribution in [1.29, 1.82) is 0 Å². The predicted octanol–water partition coefficient (Wildman–Crippen LogP) is 4.77. The molecule has 0 aliphatic carbocycles. The number of hydrogen-bond acceptors (Lipinski definition) is 6. The third-order valence-electron chi connectivity index (χ3n) is 5.51. The van der Waals surface area contributed by atoms with Gasteiger partial charge in [-0.1, -0.05) is 38.0 Å². The van der Waals surface area contributed by atoms with E-state index in [4.69, 9.17) is 4.74 Å². The molecule has 0 N–H and O–H groups in total. The second-order valence-electron chi connectivity index (χ2n) is 7.70. The molecule has 0 saturated heterocycles. The van der Waals surface area contributed by atoms with Gasteiger partial charge in [0.05, 0.1) is 12.3 Å². The van der Waals surface area contributed by atoms with Crippen LogP contribution in [0.5, 0.6) is 5.75 Å². The van der Waals surface area contributed by atoms with Gasteiger partial charge in [-0.2, -0.15) is 8.70 Å². The predicted molar refractivity (Wildman–Crippen MR) is 125 cm³/mol. The molecule has 0 spiro atoms. The molecule has 178 valence electrons. The van der Waals surface area contributed by atoms with Crippen LogP contribution in [0.2, 0.25) is 0 Å². The maximum absolute atomic E-state index is 13.9. The lowest BCUT2D eigenvalue weighted by Crippen LogP contribution is -2.40. The van der Waals surface area contributed by atoms with Gasteiger partial charge >= 0.3 is 5.97 Å². The highest BCUT2D eigenvalue weighted by Gasteiger charge is 2.36. The maximum atomic E-state index is 13.9. The van der Waals surface area contributed by atoms with Crippen molar-refractivity contribution in [1.82, 2.24) is 4.31 Å². The van der Waals surface area contributed by atoms with Crippen LogP contribution in [-0.2, 0) is 19.6 Å². The fourth-order valence-corrected chi connectivity index (χ4v) is 5.29. The van der Waals surface area contributed by atoms with E-state index in [9.17, 15) is 17.6 Å². The highest BCUT2D eigenvalue weighted by molar-refractivity contribution is 7.89. The Morgan fingerprint density at radius 3 is 2.58 bits per heavy atom. The number of rotatable bonds is 8. The highest BCUT2D eigenvalue weighted by atomic mass is 32.2. The molecule has 2 aromatic carbocycles. The van der Waals surface area contributed by atoms with Gasteiger partial charge < -0.3 is 14.4 Å². The Morgan fingerprint density at radius 1 is 1.18 bits per heavy atom. The largest absolute Gasteiger partial charge is 0.462 e. The summed E-state index contributed by atoms with van der Waals surface area (Å²) in [4.78, 5) is 13.5. The summed E-state index contributed by atoms with van der Waals surface area (Å²) in [5.41, 5.74) is 1.38. The average molecular weight is 477 g/mol. The molecule has 1 atom stereocenters. The Hall–Kier alpha value is -2.91. The van der Waals surface area contributed by atoms with Crippen molar-refractivity contribution in [2.75, 3.05) is 25.1 Å². The van der Waals surface area contributed by atoms with E-state index in [2.05, 4.69) is 11.7 Å². The van der Waals surface area contributed by atoms with Crippen molar-refractivity contribution >= 4 is 27.4 Å². The molecule has 1 aliphatic rings. The summed E-state index contributed by atoms with van der Waals surface area (Å²) in [5, 5.41) is 0. The molecule has 1 unspecified atom stereocenters. The minimum atomic E-state index is -3.86. The summed E-state index contributed by atoms with van der Waals surface area (Å²) in [6.45, 7) is 4.15. The van der Waals surface area contributed by atoms with Gasteiger partial charge in [0.2, 0.25) is 15.9 Å². The number of likely N-dealkylation sites (N-methyl/N-ethyl adjacent to an activating group) is 1. The molecular formula is C24H29FN2O5S. The average Bonchev–Trinajstić information content (AvgIpc) is 2.90. The van der Waals surface area contributed by atoms with Crippen LogP contribution in [0.3, 0.4) is 0 Å². The summed E-state index contributed by atoms with van der Waals surface area (Å²) in [6, 6.07) is 13.9. The van der Waals surface area contributed by atoms with E-state index in [1.807, 2.05) is 35.2 Å². The number of sulfonamides is 1. The lowest BCUT2D eigenvalue weighted by atomic mass is 10.1. The van der Waals surface area contributed by atoms with E-state index >= 15 is 0 Å². The number of esters is 1. The molecule has 33 heavy (non-hydrogen) atoms. The minimum Gasteiger partial charge on any atom is -0.462 e. The normalized spacial score (nSPS) is 18.4. The summed E-state index contributed by atoms with van der Waals surface area (Å²) in [7, 11) is -2.27. The molecule has 0 fully saturated rings. The first kappa shape index (κ1) is 24.7. The number of para-hydroxylation sites is 1. The Balaban J connectivity index is 2.05. The van der Waals surface area contributed by atoms with Crippen LogP contribution in [0.4, 0.5) is 15.8 Å². The summed E-state index contributed by atoms with van der Waals surface area (Å²) in [5.74, 6) is -2.27. The van der Waals surface area contributed by atoms with Gasteiger partial charge in [0.25, 0.3) is 0 Å². The monoisotopic (exact) mass is 476 g/mol. The van der Waals surface area contributed by atoms with Crippen LogP contribution >= 0.6 is 0 Å². The Labute approximate surface area is 194 Å². The summed E-state index contributed by atoms with van der Waals surface area (Å²) >= 11 is 0. The van der Waals surface area contributed by atoms with Crippen LogP contribution in [0, 0.1) is 0 Å². The van der Waals surface area contributed by atoms with Crippen LogP contribution in [0.1, 0.15) is 33.1 Å². The molecular weight excluding hydrogens is 447 g/mol. The maximum Gasteiger partial charge on any atom is 0.370 e. The van der Waals surface area contributed by atoms with Crippen molar-refractivity contribution in [3.8, 4) is 5.75 Å². The van der Waals surface area contributed by atoms with E-state index in [1.165, 1.54) is 10.4 Å². The SMILES string of the molecule is CCCCC1CN(c2ccccc2)c2ccc(O/C=C(\F)C(=O)OCC)cc2S(=O)(=O)N1C. The fraction of sp³-hybridized carbons (Fsp3) is 0.375. The van der Waals surface area contributed by atoms with Gasteiger partial charge in [-0.15, -0.1) is 0 Å². The smallest absolute Gasteiger partial charge is 0.370 e. The van der Waals surface area contributed by atoms with E-state index in [0.717, 1.165) is 24.9 Å². The fourth-order valence-electron chi connectivity index (χ4n) is 3.71. The molecule has 1 heterocycles. The number of hydrogen-bond donors (Lipinski definition) is 0. The topological polar surface area (TPSA) is 76.1 Å². The number of fused-ring (bicyclic) bond motifs is 1. The second-order valence-corrected chi connectivity index (χ2v) is 9.66. The van der Waals surface area contributed by atoms with Gasteiger partial charge in [0.1, 0.15) is 16.9 Å². The zero-order valence-corrected chi connectivity index (χ0v) is 19.8. The summed E-state index contributed by atoms with van der Waals surface area (Å²) < 4.78 is 52.2. The number of anilines is 2. The van der Waals surface area contributed by atoms with E-state index in [0.29, 0.717) is 18.5 Å². The first-order valence-electron chi connectivity index (χ1n) is 10.9. The summed E-state index contributed by atoms with van der Waals surface area (Å²) in [6.07, 6.45) is 3.20. The van der Waals surface area contributed by atoms with E-state index < -0.39 is 21.8 Å². The number of ether oxygens (including phenoxy) is 2. The Kier molecular flexibility index (Phi) is 8.10. The third-order valence-corrected chi connectivity index (χ3v) is 7.45. The van der Waals surface area contributed by atoms with Crippen LogP contribution < -0.4 is 9.64 Å². The van der Waals surface area contributed by atoms with Crippen molar-refractivity contribution in [2.45, 2.75) is 44.0 Å². The van der Waals surface area contributed by atoms with Gasteiger partial charge in [-0.25, -0.2) is 13.2 Å². The Bertz CT molecular complexity index is 1110. The molecule has 7 nitrogen and oxygen atoms in total. The zero-order valence-electron chi connectivity index (χ0n) is 19.0. The van der Waals surface area contributed by atoms with Gasteiger partial charge in [0.15, 0.2) is 0 Å². The van der Waals surface area contributed by atoms with Gasteiger partial charge in [-0.3, -0.25) is 0 Å². The van der Waals surface area contributed by atoms with Crippen molar-refractivity contribution in [3.05, 3.63) is 60.6 Å². The molecule has 9 heteroatoms. The number of unbranched alkanes of at least 4 members (excludes halogenated alkanes) is 1. The quantitative estimate of drug-likeness (QED) is 0.310. The number of benzene rings is 2. The molecule has 0 radical (unpaired) electrons. The number of nitrogens with zero attached hydrogens (tertiary/aromatic N) is 2. The lowest BCUT2D eigenvalue weighted by Gasteiger charge is -2.29. The van der Waals surface area contributed by atoms with Crippen molar-refractivity contribution < 1.29 is 27.1 Å². The van der Waals surface area contributed by atoms with Crippen molar-refractivity contribution in [2.24, 2.45) is 0 Å². The molecule has 1 aliphatic heterocycles. The Morgan fingerprint density at radius 2 is 1.91 bits per heavy atom. The molecule has 2 aromatic rings. The van der Waals surface area contributed by atoms with Crippen LogP contribution in [0.15, 0.2) is 65.5 Å². The lowest BCUT2D eigenvalue weighted by molar-refractivity contribution is -0.140. The molecule has 0 amide bonds. The molecule has 0 saturated carbocycles. The number of halogens is 1. The van der Waals surface area contributed by atoms with Gasteiger partial charge in [-0.05, 0) is 37.6 Å². The number of carbonyl (C=O) groups excluding carboxylic acids is 1. The van der Waals surface area contributed by atoms with Crippen LogP contribution in [-0.4, -0.2) is 44.9 Å². The van der Waals surface area contributed by atoms with E-state index in [-0.39, 0.29) is 23.3 Å². The molecule has 0 aromatic heterocycles. The first-order valence-corrected chi connectivity index (χ1v) is 12.4. The van der Waals surface area contributed by atoms with E-state index in [1.54, 1.807) is 26.1 Å². The zero-order chi connectivity index (χ0) is 24.0. The standard InChI is InChI=1S/C24H29FN2O5S/c1-4-6-10-19-16-27(18-11-8-7-9-12-18)22-14-13-20(15-23(22)33(29,30)26(19)3)32-17-21(25)24(28)31-5-2/h7-9,11-15,17,19H,4-6,10,16H2,1-3H3/b21-17-. The van der Waals surface area contributed by atoms with Crippen molar-refractivity contribution in [3.63, 3.8) is 0 Å². The third kappa shape index (κ3) is 5.54. The molecule has 0 bridgehead atoms. The number of carbonyl (C=O) groups is 1.